The molecule has 0 amide bonds. The predicted molar refractivity (Wildman–Crippen MR) is 95.2 cm³/mol. The van der Waals surface area contributed by atoms with Gasteiger partial charge >= 0.3 is 5.97 Å². The van der Waals surface area contributed by atoms with Crippen LogP contribution < -0.4 is 5.56 Å². The quantitative estimate of drug-likeness (QED) is 0.646. The molecule has 1 heterocycles. The maximum absolute atomic E-state index is 12.6. The van der Waals surface area contributed by atoms with Crippen molar-refractivity contribution in [2.75, 3.05) is 27.7 Å². The van der Waals surface area contributed by atoms with Gasteiger partial charge < -0.3 is 9.64 Å². The third-order valence-corrected chi connectivity index (χ3v) is 3.98. The van der Waals surface area contributed by atoms with E-state index in [1.54, 1.807) is 4.68 Å². The van der Waals surface area contributed by atoms with Gasteiger partial charge in [0.2, 0.25) is 0 Å². The smallest absolute Gasteiger partial charge is 0.305 e. The first kappa shape index (κ1) is 20.4. The number of hydrogen-bond acceptors (Lipinski definition) is 5. The highest BCUT2D eigenvalue weighted by Crippen LogP contribution is 2.21. The van der Waals surface area contributed by atoms with Gasteiger partial charge in [-0.2, -0.15) is 5.10 Å². The Balaban J connectivity index is 3.09. The molecule has 0 bridgehead atoms. The van der Waals surface area contributed by atoms with Crippen LogP contribution in [-0.2, 0) is 16.0 Å². The highest BCUT2D eigenvalue weighted by molar-refractivity contribution is 5.69. The summed E-state index contributed by atoms with van der Waals surface area (Å²) in [6.45, 7) is 6.92. The molecule has 1 atom stereocenters. The zero-order chi connectivity index (χ0) is 18.3. The molecule has 0 fully saturated rings. The van der Waals surface area contributed by atoms with Crippen LogP contribution in [0.2, 0.25) is 0 Å². The van der Waals surface area contributed by atoms with Crippen molar-refractivity contribution in [2.45, 2.75) is 52.5 Å². The van der Waals surface area contributed by atoms with Crippen LogP contribution in [0.4, 0.5) is 0 Å². The van der Waals surface area contributed by atoms with Crippen molar-refractivity contribution in [1.82, 2.24) is 14.7 Å². The van der Waals surface area contributed by atoms with Gasteiger partial charge in [-0.25, -0.2) is 4.68 Å². The van der Waals surface area contributed by atoms with Crippen molar-refractivity contribution < 1.29 is 9.53 Å². The lowest BCUT2D eigenvalue weighted by Gasteiger charge is -2.21. The normalized spacial score (nSPS) is 12.7. The monoisotopic (exact) mass is 337 g/mol. The molecule has 1 aromatic heterocycles. The van der Waals surface area contributed by atoms with Gasteiger partial charge in [0.05, 0.1) is 18.8 Å². The molecule has 24 heavy (non-hydrogen) atoms. The van der Waals surface area contributed by atoms with Crippen molar-refractivity contribution in [3.05, 3.63) is 27.7 Å². The highest BCUT2D eigenvalue weighted by atomic mass is 16.5. The van der Waals surface area contributed by atoms with Gasteiger partial charge in [-0.1, -0.05) is 13.8 Å². The van der Waals surface area contributed by atoms with E-state index in [9.17, 15) is 9.59 Å². The molecule has 1 rings (SSSR count). The SMILES string of the molecule is COC(=O)CC[C@@H](CC(C)C)n1nc(CCN(C)C)cc(C)c1=O. The molecule has 0 radical (unpaired) electrons. The Morgan fingerprint density at radius 1 is 1.38 bits per heavy atom. The number of nitrogens with zero attached hydrogens (tertiary/aromatic N) is 3. The number of hydrogen-bond donors (Lipinski definition) is 0. The molecule has 6 nitrogen and oxygen atoms in total. The number of ether oxygens (including phenoxy) is 1. The fraction of sp³-hybridized carbons (Fsp3) is 0.722. The molecule has 0 aromatic carbocycles. The maximum Gasteiger partial charge on any atom is 0.305 e. The van der Waals surface area contributed by atoms with Crippen LogP contribution in [0.1, 0.15) is 50.4 Å². The van der Waals surface area contributed by atoms with E-state index in [-0.39, 0.29) is 17.6 Å². The lowest BCUT2D eigenvalue weighted by Crippen LogP contribution is -2.31. The topological polar surface area (TPSA) is 64.4 Å². The Bertz CT molecular complexity index is 594. The van der Waals surface area contributed by atoms with Crippen molar-refractivity contribution in [1.29, 1.82) is 0 Å². The number of likely N-dealkylation sites (N-methyl/N-ethyl adjacent to an activating group) is 1. The van der Waals surface area contributed by atoms with Gasteiger partial charge in [0.15, 0.2) is 0 Å². The number of carbonyl (C=O) groups is 1. The second-order valence-electron chi connectivity index (χ2n) is 7.02. The number of aryl methyl sites for hydroxylation is 1. The molecule has 0 spiro atoms. The van der Waals surface area contributed by atoms with Crippen LogP contribution in [0.25, 0.3) is 0 Å². The lowest BCUT2D eigenvalue weighted by atomic mass is 9.99. The minimum Gasteiger partial charge on any atom is -0.469 e. The molecule has 0 aliphatic heterocycles. The summed E-state index contributed by atoms with van der Waals surface area (Å²) in [5.74, 6) is 0.157. The summed E-state index contributed by atoms with van der Waals surface area (Å²) < 4.78 is 6.32. The zero-order valence-electron chi connectivity index (χ0n) is 15.8. The third kappa shape index (κ3) is 6.43. The van der Waals surface area contributed by atoms with Gasteiger partial charge in [-0.3, -0.25) is 9.59 Å². The van der Waals surface area contributed by atoms with E-state index in [2.05, 4.69) is 23.8 Å². The number of aromatic nitrogens is 2. The van der Waals surface area contributed by atoms with Crippen LogP contribution in [0.15, 0.2) is 10.9 Å². The summed E-state index contributed by atoms with van der Waals surface area (Å²) in [4.78, 5) is 26.2. The molecule has 1 aromatic rings. The van der Waals surface area contributed by atoms with E-state index in [1.807, 2.05) is 27.1 Å². The van der Waals surface area contributed by atoms with Gasteiger partial charge in [0, 0.05) is 24.9 Å². The highest BCUT2D eigenvalue weighted by Gasteiger charge is 2.19. The van der Waals surface area contributed by atoms with Crippen molar-refractivity contribution in [2.24, 2.45) is 5.92 Å². The average molecular weight is 337 g/mol. The summed E-state index contributed by atoms with van der Waals surface area (Å²) in [6, 6.07) is 1.78. The summed E-state index contributed by atoms with van der Waals surface area (Å²) in [7, 11) is 5.41. The van der Waals surface area contributed by atoms with Crippen LogP contribution in [0.5, 0.6) is 0 Å². The molecular formula is C18H31N3O3. The first-order valence-electron chi connectivity index (χ1n) is 8.55. The Hall–Kier alpha value is -1.69. The van der Waals surface area contributed by atoms with Crippen LogP contribution in [0.3, 0.4) is 0 Å². The van der Waals surface area contributed by atoms with Gasteiger partial charge in [0.1, 0.15) is 0 Å². The van der Waals surface area contributed by atoms with E-state index >= 15 is 0 Å². The van der Waals surface area contributed by atoms with Crippen molar-refractivity contribution in [3.8, 4) is 0 Å². The van der Waals surface area contributed by atoms with Crippen LogP contribution in [-0.4, -0.2) is 48.4 Å². The van der Waals surface area contributed by atoms with Crippen LogP contribution in [0, 0.1) is 12.8 Å². The second-order valence-corrected chi connectivity index (χ2v) is 7.02. The molecule has 0 saturated carbocycles. The Kier molecular flexibility index (Phi) is 8.11. The average Bonchev–Trinajstić information content (AvgIpc) is 2.51. The Morgan fingerprint density at radius 2 is 2.04 bits per heavy atom. The van der Waals surface area contributed by atoms with E-state index in [0.717, 1.165) is 25.1 Å². The predicted octanol–water partition coefficient (Wildman–Crippen LogP) is 2.20. The number of rotatable bonds is 9. The molecule has 0 aliphatic carbocycles. The Morgan fingerprint density at radius 3 is 2.58 bits per heavy atom. The third-order valence-electron chi connectivity index (χ3n) is 3.98. The van der Waals surface area contributed by atoms with E-state index in [0.29, 0.717) is 24.3 Å². The standard InChI is InChI=1S/C18H31N3O3/c1-13(2)11-16(7-8-17(22)24-6)21-18(23)14(3)12-15(19-21)9-10-20(4)5/h12-13,16H,7-11H2,1-6H3/t16-/m0/s1. The van der Waals surface area contributed by atoms with Gasteiger partial charge in [-0.05, 0) is 45.8 Å². The maximum atomic E-state index is 12.6. The van der Waals surface area contributed by atoms with Crippen molar-refractivity contribution >= 4 is 5.97 Å². The van der Waals surface area contributed by atoms with Crippen LogP contribution >= 0.6 is 0 Å². The number of methoxy groups -OCH3 is 1. The largest absolute Gasteiger partial charge is 0.469 e. The van der Waals surface area contributed by atoms with E-state index in [1.165, 1.54) is 7.11 Å². The van der Waals surface area contributed by atoms with Crippen molar-refractivity contribution in [3.63, 3.8) is 0 Å². The molecule has 0 N–H and O–H groups in total. The Labute approximate surface area is 144 Å². The fourth-order valence-corrected chi connectivity index (χ4v) is 2.68. The zero-order valence-corrected chi connectivity index (χ0v) is 15.8. The van der Waals surface area contributed by atoms with E-state index < -0.39 is 0 Å². The summed E-state index contributed by atoms with van der Waals surface area (Å²) in [5.41, 5.74) is 1.54. The number of carbonyl (C=O) groups excluding carboxylic acids is 1. The molecule has 6 heteroatoms. The molecule has 0 aliphatic rings. The number of esters is 1. The minimum absolute atomic E-state index is 0.0703. The first-order chi connectivity index (χ1) is 11.2. The summed E-state index contributed by atoms with van der Waals surface area (Å²) in [6.07, 6.45) is 2.46. The molecular weight excluding hydrogens is 306 g/mol. The second kappa shape index (κ2) is 9.57. The molecule has 0 unspecified atom stereocenters. The van der Waals surface area contributed by atoms with E-state index in [4.69, 9.17) is 4.74 Å². The lowest BCUT2D eigenvalue weighted by molar-refractivity contribution is -0.140. The van der Waals surface area contributed by atoms with Gasteiger partial charge in [0.25, 0.3) is 5.56 Å². The van der Waals surface area contributed by atoms with Gasteiger partial charge in [-0.15, -0.1) is 0 Å². The molecule has 136 valence electrons. The molecule has 0 saturated heterocycles. The minimum atomic E-state index is -0.253. The first-order valence-corrected chi connectivity index (χ1v) is 8.55. The fourth-order valence-electron chi connectivity index (χ4n) is 2.68. The summed E-state index contributed by atoms with van der Waals surface area (Å²) in [5, 5.41) is 4.59. The summed E-state index contributed by atoms with van der Waals surface area (Å²) >= 11 is 0.